The van der Waals surface area contributed by atoms with Crippen LogP contribution in [0.4, 0.5) is 5.69 Å². The van der Waals surface area contributed by atoms with Crippen LogP contribution in [0.25, 0.3) is 10.8 Å². The Morgan fingerprint density at radius 2 is 1.77 bits per heavy atom. The van der Waals surface area contributed by atoms with Gasteiger partial charge in [-0.25, -0.2) is 0 Å². The summed E-state index contributed by atoms with van der Waals surface area (Å²) in [5.41, 5.74) is 3.30. The number of phenolic OH excluding ortho intramolecular Hbond substituents is 1. The van der Waals surface area contributed by atoms with Crippen LogP contribution in [0.1, 0.15) is 27.9 Å². The predicted molar refractivity (Wildman–Crippen MR) is 141 cm³/mol. The van der Waals surface area contributed by atoms with Gasteiger partial charge in [0.25, 0.3) is 5.91 Å². The molecule has 0 bridgehead atoms. The molecular weight excluding hydrogens is 506 g/mol. The van der Waals surface area contributed by atoms with Crippen LogP contribution in [0.15, 0.2) is 40.9 Å². The Morgan fingerprint density at radius 1 is 1.10 bits per heavy atom. The average molecular weight is 538 g/mol. The Labute approximate surface area is 224 Å². The molecule has 0 radical (unpaired) electrons. The van der Waals surface area contributed by atoms with Gasteiger partial charge in [0.1, 0.15) is 22.8 Å². The van der Waals surface area contributed by atoms with E-state index in [0.717, 1.165) is 0 Å². The standard InChI is InChI=1S/C28H31N3O8/c1-30(2)20-13-6-5-11(10-32)7-14(13)22(33)18-15(20)8-12-9-16-21(31(3)4)24(35)19(27(29)38)26(37)28(16,39)25(36)17(12)23(18)34/h5-7,12,16,21,32-33,35-36,39H,8-10H2,1-4H3,(H2,29,38)/t12-,16-,21-,28-/m0/s1. The molecule has 0 aromatic heterocycles. The van der Waals surface area contributed by atoms with Crippen LogP contribution in [0, 0.1) is 11.8 Å². The Kier molecular flexibility index (Phi) is 6.02. The molecule has 2 aromatic carbocycles. The van der Waals surface area contributed by atoms with E-state index in [2.05, 4.69) is 0 Å². The second-order valence-corrected chi connectivity index (χ2v) is 10.9. The van der Waals surface area contributed by atoms with E-state index in [1.54, 1.807) is 46.4 Å². The summed E-state index contributed by atoms with van der Waals surface area (Å²) >= 11 is 0. The smallest absolute Gasteiger partial charge is 0.255 e. The van der Waals surface area contributed by atoms with Crippen molar-refractivity contribution in [2.75, 3.05) is 33.1 Å². The Bertz CT molecular complexity index is 1540. The summed E-state index contributed by atoms with van der Waals surface area (Å²) in [6.45, 7) is -0.280. The summed E-state index contributed by atoms with van der Waals surface area (Å²) in [5.74, 6) is -6.90. The van der Waals surface area contributed by atoms with Crippen LogP contribution >= 0.6 is 0 Å². The molecular formula is C28H31N3O8. The minimum atomic E-state index is -2.69. The van der Waals surface area contributed by atoms with Crippen molar-refractivity contribution in [1.82, 2.24) is 4.90 Å². The van der Waals surface area contributed by atoms with Crippen molar-refractivity contribution in [2.45, 2.75) is 31.1 Å². The number of rotatable bonds is 4. The molecule has 11 heteroatoms. The number of carbonyl (C=O) groups is 3. The Balaban J connectivity index is 1.80. The van der Waals surface area contributed by atoms with E-state index in [1.165, 1.54) is 4.90 Å². The summed E-state index contributed by atoms with van der Waals surface area (Å²) in [6.07, 6.45) is 0.203. The van der Waals surface area contributed by atoms with Crippen LogP contribution in [0.2, 0.25) is 0 Å². The fraction of sp³-hybridized carbons (Fsp3) is 0.393. The molecule has 3 aliphatic carbocycles. The van der Waals surface area contributed by atoms with Crippen LogP contribution in [-0.4, -0.2) is 87.7 Å². The molecule has 0 heterocycles. The number of fused-ring (bicyclic) bond motifs is 4. The maximum absolute atomic E-state index is 14.0. The monoisotopic (exact) mass is 537 g/mol. The summed E-state index contributed by atoms with van der Waals surface area (Å²) in [6, 6.07) is 4.02. The second-order valence-electron chi connectivity index (χ2n) is 10.9. The van der Waals surface area contributed by atoms with Crippen LogP contribution in [0.5, 0.6) is 5.75 Å². The molecule has 3 aliphatic rings. The van der Waals surface area contributed by atoms with Gasteiger partial charge in [-0.1, -0.05) is 12.1 Å². The third-order valence-corrected chi connectivity index (χ3v) is 8.36. The number of Topliss-reactive ketones (excluding diaryl/α,β-unsaturated/α-hetero) is 2. The largest absolute Gasteiger partial charge is 0.510 e. The topological polar surface area (TPSA) is 185 Å². The number of nitrogens with two attached hydrogens (primary N) is 1. The third-order valence-electron chi connectivity index (χ3n) is 8.36. The highest BCUT2D eigenvalue weighted by molar-refractivity contribution is 6.25. The van der Waals surface area contributed by atoms with Crippen molar-refractivity contribution in [3.05, 3.63) is 57.6 Å². The van der Waals surface area contributed by atoms with E-state index in [1.807, 2.05) is 4.90 Å². The van der Waals surface area contributed by atoms with Crippen molar-refractivity contribution in [2.24, 2.45) is 17.6 Å². The average Bonchev–Trinajstić information content (AvgIpc) is 2.85. The zero-order valence-corrected chi connectivity index (χ0v) is 22.0. The van der Waals surface area contributed by atoms with Crippen molar-refractivity contribution < 1.29 is 39.9 Å². The van der Waals surface area contributed by atoms with Gasteiger partial charge >= 0.3 is 0 Å². The maximum atomic E-state index is 14.0. The number of ketones is 2. The molecule has 2 aromatic rings. The minimum Gasteiger partial charge on any atom is -0.510 e. The van der Waals surface area contributed by atoms with Gasteiger partial charge in [-0.15, -0.1) is 0 Å². The van der Waals surface area contributed by atoms with E-state index in [4.69, 9.17) is 5.73 Å². The lowest BCUT2D eigenvalue weighted by atomic mass is 9.58. The van der Waals surface area contributed by atoms with Gasteiger partial charge in [0.2, 0.25) is 5.78 Å². The van der Waals surface area contributed by atoms with E-state index in [0.29, 0.717) is 27.6 Å². The molecule has 7 N–H and O–H groups in total. The van der Waals surface area contributed by atoms with Crippen molar-refractivity contribution in [3.8, 4) is 5.75 Å². The highest BCUT2D eigenvalue weighted by Gasteiger charge is 2.63. The van der Waals surface area contributed by atoms with Crippen molar-refractivity contribution >= 4 is 33.9 Å². The number of likely N-dealkylation sites (N-methyl/N-ethyl adjacent to an activating group) is 1. The normalized spacial score (nSPS) is 26.6. The minimum absolute atomic E-state index is 0.0148. The summed E-state index contributed by atoms with van der Waals surface area (Å²) in [7, 11) is 6.77. The second kappa shape index (κ2) is 8.80. The van der Waals surface area contributed by atoms with Gasteiger partial charge in [0, 0.05) is 42.0 Å². The summed E-state index contributed by atoms with van der Waals surface area (Å²) < 4.78 is 0. The fourth-order valence-corrected chi connectivity index (χ4v) is 6.75. The summed E-state index contributed by atoms with van der Waals surface area (Å²) in [4.78, 5) is 42.9. The molecule has 0 unspecified atom stereocenters. The molecule has 206 valence electrons. The number of aliphatic hydroxyl groups excluding tert-OH is 3. The van der Waals surface area contributed by atoms with E-state index < -0.39 is 58.0 Å². The predicted octanol–water partition coefficient (Wildman–Crippen LogP) is 0.832. The number of carbonyl (C=O) groups excluding carboxylic acids is 3. The molecule has 1 amide bonds. The number of phenols is 1. The van der Waals surface area contributed by atoms with Crippen molar-refractivity contribution in [1.29, 1.82) is 0 Å². The van der Waals surface area contributed by atoms with Gasteiger partial charge in [-0.3, -0.25) is 19.3 Å². The molecule has 4 atom stereocenters. The number of primary amides is 1. The lowest BCUT2D eigenvalue weighted by Gasteiger charge is -2.50. The van der Waals surface area contributed by atoms with Gasteiger partial charge in [0.05, 0.1) is 18.2 Å². The van der Waals surface area contributed by atoms with Gasteiger partial charge in [-0.2, -0.15) is 0 Å². The molecule has 0 spiro atoms. The first-order chi connectivity index (χ1) is 18.3. The van der Waals surface area contributed by atoms with Crippen LogP contribution in [-0.2, 0) is 22.6 Å². The zero-order valence-electron chi connectivity index (χ0n) is 22.0. The Hall–Kier alpha value is -3.93. The lowest BCUT2D eigenvalue weighted by Crippen LogP contribution is -2.63. The number of anilines is 1. The van der Waals surface area contributed by atoms with Crippen LogP contribution < -0.4 is 10.6 Å². The van der Waals surface area contributed by atoms with Crippen LogP contribution in [0.3, 0.4) is 0 Å². The van der Waals surface area contributed by atoms with Gasteiger partial charge in [-0.05, 0) is 50.0 Å². The molecule has 39 heavy (non-hydrogen) atoms. The van der Waals surface area contributed by atoms with E-state index >= 15 is 0 Å². The molecule has 0 aliphatic heterocycles. The number of nitrogens with zero attached hydrogens (tertiary/aromatic N) is 2. The number of aromatic hydroxyl groups is 1. The molecule has 5 rings (SSSR count). The third kappa shape index (κ3) is 3.43. The van der Waals surface area contributed by atoms with Gasteiger partial charge < -0.3 is 36.2 Å². The molecule has 0 saturated carbocycles. The number of hydrogen-bond acceptors (Lipinski definition) is 10. The quantitative estimate of drug-likeness (QED) is 0.305. The highest BCUT2D eigenvalue weighted by Crippen LogP contribution is 2.54. The number of allylic oxidation sites excluding steroid dienone is 1. The van der Waals surface area contributed by atoms with Gasteiger partial charge in [0.15, 0.2) is 11.4 Å². The van der Waals surface area contributed by atoms with Crippen molar-refractivity contribution in [3.63, 3.8) is 0 Å². The highest BCUT2D eigenvalue weighted by atomic mass is 16.3. The maximum Gasteiger partial charge on any atom is 0.255 e. The lowest BCUT2D eigenvalue weighted by molar-refractivity contribution is -0.148. The van der Waals surface area contributed by atoms with E-state index in [-0.39, 0.29) is 36.3 Å². The fourth-order valence-electron chi connectivity index (χ4n) is 6.75. The number of hydrogen-bond donors (Lipinski definition) is 6. The number of aliphatic hydroxyl groups is 4. The van der Waals surface area contributed by atoms with E-state index in [9.17, 15) is 39.9 Å². The first-order valence-corrected chi connectivity index (χ1v) is 12.5. The first kappa shape index (κ1) is 26.7. The molecule has 0 fully saturated rings. The molecule has 11 nitrogen and oxygen atoms in total. The summed E-state index contributed by atoms with van der Waals surface area (Å²) in [5, 5.41) is 56.0. The molecule has 0 saturated heterocycles. The first-order valence-electron chi connectivity index (χ1n) is 12.5. The zero-order chi connectivity index (χ0) is 28.7. The number of benzene rings is 2. The SMILES string of the molecule is CN(C)c1c2c(c(O)c3cc(CO)ccc13)C(=O)C1=C(O)[C@]3(O)C(=O)C(C(N)=O)=C(O)[C@@H](N(C)C)[C@@H]3C[C@@H]1C2. The Morgan fingerprint density at radius 3 is 2.33 bits per heavy atom. The number of amides is 1.